The molecule has 0 bridgehead atoms. The molecule has 5 heteroatoms. The number of benzene rings is 1. The lowest BCUT2D eigenvalue weighted by Gasteiger charge is -2.25. The number of nitrogens with zero attached hydrogens (tertiary/aromatic N) is 2. The fourth-order valence-electron chi connectivity index (χ4n) is 2.62. The summed E-state index contributed by atoms with van der Waals surface area (Å²) in [4.78, 5) is 18.2. The van der Waals surface area contributed by atoms with Gasteiger partial charge in [0.25, 0.3) is 0 Å². The Morgan fingerprint density at radius 2 is 2.00 bits per heavy atom. The Hall–Kier alpha value is -2.56. The molecule has 1 saturated carbocycles. The molecule has 1 aliphatic rings. The molecule has 2 aromatic rings. The van der Waals surface area contributed by atoms with Gasteiger partial charge in [-0.25, -0.2) is 4.79 Å². The molecular formula is C20H25N3O2. The van der Waals surface area contributed by atoms with Crippen molar-refractivity contribution in [3.05, 3.63) is 59.9 Å². The first-order valence-corrected chi connectivity index (χ1v) is 8.76. The lowest BCUT2D eigenvalue weighted by Crippen LogP contribution is -2.38. The molecule has 1 aromatic heterocycles. The number of hydrogen-bond acceptors (Lipinski definition) is 3. The molecule has 132 valence electrons. The standard InChI is InChI=1S/C20H25N3O2/c1-15(17-9-11-21-12-10-17)23(2)20(24)22-13-18-5-3-4-6-19(18)25-14-16-7-8-16/h3-6,9-12,15-16H,7-8,13-14H2,1-2H3,(H,22,24)/t15-/m0/s1. The molecule has 0 aliphatic heterocycles. The van der Waals surface area contributed by atoms with Crippen LogP contribution in [0.5, 0.6) is 5.75 Å². The maximum atomic E-state index is 12.5. The minimum Gasteiger partial charge on any atom is -0.493 e. The fourth-order valence-corrected chi connectivity index (χ4v) is 2.62. The SMILES string of the molecule is C[C@@H](c1ccncc1)N(C)C(=O)NCc1ccccc1OCC1CC1. The number of carbonyl (C=O) groups excluding carboxylic acids is 1. The second kappa shape index (κ2) is 8.01. The molecule has 1 fully saturated rings. The van der Waals surface area contributed by atoms with Crippen molar-refractivity contribution in [3.8, 4) is 5.75 Å². The van der Waals surface area contributed by atoms with Crippen LogP contribution in [-0.2, 0) is 6.54 Å². The second-order valence-electron chi connectivity index (χ2n) is 6.59. The van der Waals surface area contributed by atoms with E-state index in [0.29, 0.717) is 12.5 Å². The Bertz CT molecular complexity index is 701. The van der Waals surface area contributed by atoms with Crippen LogP contribution in [0.2, 0.25) is 0 Å². The quantitative estimate of drug-likeness (QED) is 0.835. The molecule has 2 amide bonds. The van der Waals surface area contributed by atoms with E-state index in [2.05, 4.69) is 10.3 Å². The topological polar surface area (TPSA) is 54.5 Å². The molecule has 5 nitrogen and oxygen atoms in total. The molecule has 0 saturated heterocycles. The van der Waals surface area contributed by atoms with Crippen LogP contribution in [0.15, 0.2) is 48.8 Å². The minimum absolute atomic E-state index is 0.0237. The molecule has 3 rings (SSSR count). The molecule has 0 radical (unpaired) electrons. The summed E-state index contributed by atoms with van der Waals surface area (Å²) in [5, 5.41) is 2.98. The van der Waals surface area contributed by atoms with Crippen molar-refractivity contribution in [1.82, 2.24) is 15.2 Å². The van der Waals surface area contributed by atoms with Crippen LogP contribution >= 0.6 is 0 Å². The van der Waals surface area contributed by atoms with E-state index in [0.717, 1.165) is 23.5 Å². The zero-order valence-electron chi connectivity index (χ0n) is 14.8. The van der Waals surface area contributed by atoms with Crippen molar-refractivity contribution < 1.29 is 9.53 Å². The van der Waals surface area contributed by atoms with Gasteiger partial charge in [-0.05, 0) is 49.4 Å². The molecular weight excluding hydrogens is 314 g/mol. The van der Waals surface area contributed by atoms with Gasteiger partial charge in [0, 0.05) is 31.5 Å². The molecule has 1 aromatic carbocycles. The van der Waals surface area contributed by atoms with E-state index in [1.165, 1.54) is 12.8 Å². The van der Waals surface area contributed by atoms with Gasteiger partial charge in [0.2, 0.25) is 0 Å². The van der Waals surface area contributed by atoms with Crippen molar-refractivity contribution in [2.75, 3.05) is 13.7 Å². The number of amides is 2. The van der Waals surface area contributed by atoms with E-state index >= 15 is 0 Å². The molecule has 0 unspecified atom stereocenters. The number of ether oxygens (including phenoxy) is 1. The van der Waals surface area contributed by atoms with Gasteiger partial charge in [-0.1, -0.05) is 18.2 Å². The Kier molecular flexibility index (Phi) is 5.53. The third kappa shape index (κ3) is 4.72. The van der Waals surface area contributed by atoms with E-state index in [4.69, 9.17) is 4.74 Å². The Labute approximate surface area is 149 Å². The summed E-state index contributed by atoms with van der Waals surface area (Å²) in [6, 6.07) is 11.6. The number of pyridine rings is 1. The minimum atomic E-state index is -0.110. The molecule has 0 spiro atoms. The Morgan fingerprint density at radius 3 is 2.72 bits per heavy atom. The van der Waals surface area contributed by atoms with E-state index in [-0.39, 0.29) is 12.1 Å². The lowest BCUT2D eigenvalue weighted by molar-refractivity contribution is 0.193. The highest BCUT2D eigenvalue weighted by Gasteiger charge is 2.22. The van der Waals surface area contributed by atoms with Crippen molar-refractivity contribution in [1.29, 1.82) is 0 Å². The first-order chi connectivity index (χ1) is 12.1. The van der Waals surface area contributed by atoms with E-state index in [9.17, 15) is 4.79 Å². The predicted molar refractivity (Wildman–Crippen MR) is 97.3 cm³/mol. The number of hydrogen-bond donors (Lipinski definition) is 1. The Balaban J connectivity index is 1.56. The van der Waals surface area contributed by atoms with Crippen LogP contribution in [0.25, 0.3) is 0 Å². The van der Waals surface area contributed by atoms with Gasteiger partial charge in [0.15, 0.2) is 0 Å². The van der Waals surface area contributed by atoms with Crippen LogP contribution in [0.4, 0.5) is 4.79 Å². The van der Waals surface area contributed by atoms with Crippen LogP contribution < -0.4 is 10.1 Å². The highest BCUT2D eigenvalue weighted by atomic mass is 16.5. The van der Waals surface area contributed by atoms with Gasteiger partial charge < -0.3 is 15.0 Å². The summed E-state index contributed by atoms with van der Waals surface area (Å²) in [5.74, 6) is 1.56. The molecule has 1 heterocycles. The number of carbonyl (C=O) groups is 1. The summed E-state index contributed by atoms with van der Waals surface area (Å²) in [5.41, 5.74) is 2.06. The Morgan fingerprint density at radius 1 is 1.28 bits per heavy atom. The third-order valence-corrected chi connectivity index (χ3v) is 4.66. The fraction of sp³-hybridized carbons (Fsp3) is 0.400. The van der Waals surface area contributed by atoms with Crippen molar-refractivity contribution >= 4 is 6.03 Å². The van der Waals surface area contributed by atoms with Crippen LogP contribution in [-0.4, -0.2) is 29.6 Å². The van der Waals surface area contributed by atoms with Crippen molar-refractivity contribution in [3.63, 3.8) is 0 Å². The van der Waals surface area contributed by atoms with Gasteiger partial charge in [0.1, 0.15) is 5.75 Å². The second-order valence-corrected chi connectivity index (χ2v) is 6.59. The van der Waals surface area contributed by atoms with Crippen LogP contribution in [0.3, 0.4) is 0 Å². The molecule has 1 aliphatic carbocycles. The molecule has 25 heavy (non-hydrogen) atoms. The highest BCUT2D eigenvalue weighted by Crippen LogP contribution is 2.30. The maximum absolute atomic E-state index is 12.5. The van der Waals surface area contributed by atoms with Gasteiger partial charge in [0.05, 0.1) is 12.6 Å². The average Bonchev–Trinajstić information content (AvgIpc) is 3.49. The lowest BCUT2D eigenvalue weighted by atomic mass is 10.1. The summed E-state index contributed by atoms with van der Waals surface area (Å²) in [7, 11) is 1.80. The van der Waals surface area contributed by atoms with Gasteiger partial charge in [-0.2, -0.15) is 0 Å². The summed E-state index contributed by atoms with van der Waals surface area (Å²) < 4.78 is 5.90. The largest absolute Gasteiger partial charge is 0.493 e. The van der Waals surface area contributed by atoms with Crippen molar-refractivity contribution in [2.45, 2.75) is 32.4 Å². The third-order valence-electron chi connectivity index (χ3n) is 4.66. The zero-order chi connectivity index (χ0) is 17.6. The normalized spacial score (nSPS) is 14.6. The van der Waals surface area contributed by atoms with E-state index < -0.39 is 0 Å². The van der Waals surface area contributed by atoms with Gasteiger partial charge in [-0.3, -0.25) is 4.98 Å². The van der Waals surface area contributed by atoms with E-state index in [1.54, 1.807) is 24.3 Å². The summed E-state index contributed by atoms with van der Waals surface area (Å²) >= 11 is 0. The monoisotopic (exact) mass is 339 g/mol. The first-order valence-electron chi connectivity index (χ1n) is 8.76. The van der Waals surface area contributed by atoms with Crippen LogP contribution in [0, 0.1) is 5.92 Å². The summed E-state index contributed by atoms with van der Waals surface area (Å²) in [6.45, 7) is 3.22. The van der Waals surface area contributed by atoms with Gasteiger partial charge in [-0.15, -0.1) is 0 Å². The van der Waals surface area contributed by atoms with Crippen molar-refractivity contribution in [2.24, 2.45) is 5.92 Å². The molecule has 1 atom stereocenters. The predicted octanol–water partition coefficient (Wildman–Crippen LogP) is 3.77. The van der Waals surface area contributed by atoms with E-state index in [1.807, 2.05) is 43.3 Å². The number of aromatic nitrogens is 1. The smallest absolute Gasteiger partial charge is 0.317 e. The summed E-state index contributed by atoms with van der Waals surface area (Å²) in [6.07, 6.45) is 6.00. The number of urea groups is 1. The average molecular weight is 339 g/mol. The molecule has 1 N–H and O–H groups in total. The zero-order valence-corrected chi connectivity index (χ0v) is 14.8. The van der Waals surface area contributed by atoms with Gasteiger partial charge >= 0.3 is 6.03 Å². The highest BCUT2D eigenvalue weighted by molar-refractivity contribution is 5.74. The van der Waals surface area contributed by atoms with Crippen LogP contribution in [0.1, 0.15) is 36.9 Å². The number of para-hydroxylation sites is 1. The number of nitrogens with one attached hydrogen (secondary N) is 1. The maximum Gasteiger partial charge on any atom is 0.317 e. The number of rotatable bonds is 7. The first kappa shape index (κ1) is 17.3.